The molecule has 0 radical (unpaired) electrons. The van der Waals surface area contributed by atoms with Gasteiger partial charge >= 0.3 is 0 Å². The summed E-state index contributed by atoms with van der Waals surface area (Å²) in [4.78, 5) is 0. The molecule has 4 unspecified atom stereocenters. The maximum absolute atomic E-state index is 14.1. The molecular formula is C26H36OP2. The Bertz CT molecular complexity index is 774. The molecule has 4 rings (SSSR count). The summed E-state index contributed by atoms with van der Waals surface area (Å²) in [5, 5.41) is 2.97. The van der Waals surface area contributed by atoms with Crippen molar-refractivity contribution >= 4 is 25.7 Å². The predicted molar refractivity (Wildman–Crippen MR) is 130 cm³/mol. The van der Waals surface area contributed by atoms with Crippen molar-refractivity contribution in [2.24, 2.45) is 5.92 Å². The van der Waals surface area contributed by atoms with Gasteiger partial charge in [0.1, 0.15) is 0 Å². The van der Waals surface area contributed by atoms with Crippen LogP contribution in [0.1, 0.15) is 58.3 Å². The minimum absolute atomic E-state index is 0.357. The molecule has 2 aromatic carbocycles. The van der Waals surface area contributed by atoms with E-state index >= 15 is 0 Å². The minimum Gasteiger partial charge on any atom is -0.323 e. The normalized spacial score (nSPS) is 26.3. The lowest BCUT2D eigenvalue weighted by molar-refractivity contribution is 0.458. The molecule has 0 N–H and O–H groups in total. The fourth-order valence-electron chi connectivity index (χ4n) is 5.87. The van der Waals surface area contributed by atoms with E-state index in [-0.39, 0.29) is 0 Å². The Morgan fingerprint density at radius 2 is 1.34 bits per heavy atom. The van der Waals surface area contributed by atoms with Crippen LogP contribution in [0, 0.1) is 5.92 Å². The summed E-state index contributed by atoms with van der Waals surface area (Å²) in [5.74, 6) is 0.597. The van der Waals surface area contributed by atoms with Crippen molar-refractivity contribution in [3.05, 3.63) is 60.7 Å². The van der Waals surface area contributed by atoms with Gasteiger partial charge in [0.05, 0.1) is 7.14 Å². The maximum Gasteiger partial charge on any atom is 0.0906 e. The van der Waals surface area contributed by atoms with Gasteiger partial charge in [-0.3, -0.25) is 0 Å². The maximum atomic E-state index is 14.1. The molecule has 2 aromatic rings. The average Bonchev–Trinajstić information content (AvgIpc) is 3.24. The molecule has 0 saturated heterocycles. The fourth-order valence-corrected chi connectivity index (χ4v) is 12.5. The molecule has 1 nitrogen and oxygen atoms in total. The monoisotopic (exact) mass is 426 g/mol. The summed E-state index contributed by atoms with van der Waals surface area (Å²) in [5.41, 5.74) is 1.49. The highest BCUT2D eigenvalue weighted by Crippen LogP contribution is 2.63. The summed E-state index contributed by atoms with van der Waals surface area (Å²) < 4.78 is 14.1. The summed E-state index contributed by atoms with van der Waals surface area (Å²) >= 11 is 0. The van der Waals surface area contributed by atoms with Gasteiger partial charge in [-0.25, -0.2) is 0 Å². The van der Waals surface area contributed by atoms with Crippen LogP contribution in [0.2, 0.25) is 0 Å². The average molecular weight is 427 g/mol. The van der Waals surface area contributed by atoms with E-state index in [1.165, 1.54) is 62.0 Å². The Labute approximate surface area is 178 Å². The zero-order valence-corrected chi connectivity index (χ0v) is 19.8. The van der Waals surface area contributed by atoms with E-state index in [4.69, 9.17) is 0 Å². The van der Waals surface area contributed by atoms with Gasteiger partial charge in [-0.1, -0.05) is 93.3 Å². The molecule has 29 heavy (non-hydrogen) atoms. The molecule has 2 fully saturated rings. The first-order chi connectivity index (χ1) is 14.1. The van der Waals surface area contributed by atoms with Crippen molar-refractivity contribution in [3.63, 3.8) is 0 Å². The van der Waals surface area contributed by atoms with E-state index < -0.39 is 15.1 Å². The van der Waals surface area contributed by atoms with Crippen molar-refractivity contribution < 1.29 is 4.57 Å². The summed E-state index contributed by atoms with van der Waals surface area (Å²) in [6.07, 6.45) is 10.1. The second kappa shape index (κ2) is 9.49. The van der Waals surface area contributed by atoms with Crippen molar-refractivity contribution in [1.29, 1.82) is 0 Å². The summed E-state index contributed by atoms with van der Waals surface area (Å²) in [6, 6.07) is 22.3. The number of hydrogen-bond donors (Lipinski definition) is 0. The van der Waals surface area contributed by atoms with Crippen LogP contribution in [0.25, 0.3) is 0 Å². The molecule has 2 aliphatic carbocycles. The third-order valence-corrected chi connectivity index (χ3v) is 14.6. The molecule has 0 bridgehead atoms. The Balaban J connectivity index is 1.65. The van der Waals surface area contributed by atoms with Crippen LogP contribution >= 0.6 is 15.1 Å². The van der Waals surface area contributed by atoms with Gasteiger partial charge in [0.25, 0.3) is 0 Å². The zero-order chi connectivity index (χ0) is 20.3. The highest BCUT2D eigenvalue weighted by Gasteiger charge is 2.45. The fraction of sp³-hybridized carbons (Fsp3) is 0.538. The van der Waals surface area contributed by atoms with Gasteiger partial charge in [-0.2, -0.15) is 0 Å². The lowest BCUT2D eigenvalue weighted by Crippen LogP contribution is -2.32. The van der Waals surface area contributed by atoms with Crippen molar-refractivity contribution in [2.45, 2.75) is 75.3 Å². The van der Waals surface area contributed by atoms with E-state index in [0.29, 0.717) is 22.9 Å². The molecule has 0 amide bonds. The minimum atomic E-state index is -2.16. The smallest absolute Gasteiger partial charge is 0.0906 e. The molecule has 156 valence electrons. The van der Waals surface area contributed by atoms with Crippen LogP contribution in [-0.2, 0) is 4.57 Å². The lowest BCUT2D eigenvalue weighted by Gasteiger charge is -2.39. The molecule has 0 spiro atoms. The third kappa shape index (κ3) is 4.57. The second-order valence-corrected chi connectivity index (χ2v) is 15.4. The SMILES string of the molecule is CC(C1CCCC1P(c1ccccc1)c1ccccc1)P(C)(=O)C1CCCCC1. The van der Waals surface area contributed by atoms with Gasteiger partial charge in [-0.05, 0) is 62.5 Å². The van der Waals surface area contributed by atoms with E-state index in [9.17, 15) is 4.57 Å². The first-order valence-corrected chi connectivity index (χ1v) is 15.3. The molecule has 0 heterocycles. The van der Waals surface area contributed by atoms with Gasteiger partial charge in [-0.15, -0.1) is 0 Å². The standard InChI is InChI=1S/C26H36OP2/c1-21(29(2,27)24-17-10-5-11-18-24)25-19-12-20-26(25)28(22-13-6-3-7-14-22)23-15-8-4-9-16-23/h3-4,6-9,13-16,21,24-26H,5,10-12,17-20H2,1-2H3. The van der Waals surface area contributed by atoms with Crippen LogP contribution < -0.4 is 10.6 Å². The molecule has 3 heteroatoms. The molecule has 2 saturated carbocycles. The van der Waals surface area contributed by atoms with Crippen molar-refractivity contribution in [2.75, 3.05) is 6.66 Å². The van der Waals surface area contributed by atoms with Gasteiger partial charge in [0.15, 0.2) is 0 Å². The quantitative estimate of drug-likeness (QED) is 0.455. The zero-order valence-electron chi connectivity index (χ0n) is 18.0. The highest BCUT2D eigenvalue weighted by molar-refractivity contribution is 7.73. The van der Waals surface area contributed by atoms with Crippen LogP contribution in [0.15, 0.2) is 60.7 Å². The Morgan fingerprint density at radius 3 is 1.90 bits per heavy atom. The number of hydrogen-bond acceptors (Lipinski definition) is 1. The van der Waals surface area contributed by atoms with E-state index in [0.717, 1.165) is 0 Å². The predicted octanol–water partition coefficient (Wildman–Crippen LogP) is 7.00. The third-order valence-electron chi connectivity index (χ3n) is 7.66. The highest BCUT2D eigenvalue weighted by atomic mass is 31.2. The molecule has 2 aliphatic rings. The van der Waals surface area contributed by atoms with Crippen LogP contribution in [-0.4, -0.2) is 23.6 Å². The van der Waals surface area contributed by atoms with E-state index in [1.807, 2.05) is 0 Å². The first-order valence-electron chi connectivity index (χ1n) is 11.5. The van der Waals surface area contributed by atoms with E-state index in [2.05, 4.69) is 74.3 Å². The van der Waals surface area contributed by atoms with Gasteiger partial charge in [0.2, 0.25) is 0 Å². The Hall–Kier alpha value is -0.900. The topological polar surface area (TPSA) is 17.1 Å². The largest absolute Gasteiger partial charge is 0.323 e. The van der Waals surface area contributed by atoms with Crippen LogP contribution in [0.3, 0.4) is 0 Å². The van der Waals surface area contributed by atoms with Crippen LogP contribution in [0.4, 0.5) is 0 Å². The molecule has 0 aliphatic heterocycles. The molecule has 0 aromatic heterocycles. The Morgan fingerprint density at radius 1 is 0.793 bits per heavy atom. The first kappa shape index (κ1) is 21.3. The summed E-state index contributed by atoms with van der Waals surface area (Å²) in [7, 11) is -2.57. The molecule has 4 atom stereocenters. The van der Waals surface area contributed by atoms with Gasteiger partial charge in [0, 0.05) is 11.3 Å². The number of rotatable bonds is 6. The van der Waals surface area contributed by atoms with E-state index in [1.54, 1.807) is 0 Å². The van der Waals surface area contributed by atoms with Crippen LogP contribution in [0.5, 0.6) is 0 Å². The Kier molecular flexibility index (Phi) is 6.98. The molecular weight excluding hydrogens is 390 g/mol. The lowest BCUT2D eigenvalue weighted by atomic mass is 10.0. The number of benzene rings is 2. The van der Waals surface area contributed by atoms with Crippen molar-refractivity contribution in [1.82, 2.24) is 0 Å². The van der Waals surface area contributed by atoms with Crippen molar-refractivity contribution in [3.8, 4) is 0 Å². The van der Waals surface area contributed by atoms with Gasteiger partial charge < -0.3 is 4.57 Å². The second-order valence-electron chi connectivity index (χ2n) is 9.29. The summed E-state index contributed by atoms with van der Waals surface area (Å²) in [6.45, 7) is 4.51.